The minimum Gasteiger partial charge on any atom is -0.367 e. The van der Waals surface area contributed by atoms with E-state index in [9.17, 15) is 13.2 Å². The van der Waals surface area contributed by atoms with Crippen LogP contribution in [-0.4, -0.2) is 37.6 Å². The molecule has 1 aliphatic carbocycles. The summed E-state index contributed by atoms with van der Waals surface area (Å²) in [6.07, 6.45) is 7.64. The van der Waals surface area contributed by atoms with E-state index in [0.29, 0.717) is 5.56 Å². The zero-order valence-corrected chi connectivity index (χ0v) is 11.7. The quantitative estimate of drug-likeness (QED) is 0.756. The molecule has 1 saturated carbocycles. The molecule has 0 spiro atoms. The largest absolute Gasteiger partial charge is 0.367 e. The Balaban J connectivity index is 1.79. The van der Waals surface area contributed by atoms with Gasteiger partial charge in [0.25, 0.3) is 5.91 Å². The van der Waals surface area contributed by atoms with Crippen molar-refractivity contribution in [2.75, 3.05) is 6.26 Å². The fourth-order valence-electron chi connectivity index (χ4n) is 2.39. The van der Waals surface area contributed by atoms with E-state index < -0.39 is 10.0 Å². The lowest BCUT2D eigenvalue weighted by Gasteiger charge is -2.29. The van der Waals surface area contributed by atoms with Gasteiger partial charge < -0.3 is 10.3 Å². The van der Waals surface area contributed by atoms with Crippen LogP contribution in [0.4, 0.5) is 0 Å². The molecule has 106 valence electrons. The summed E-state index contributed by atoms with van der Waals surface area (Å²) in [5, 5.41) is 2.97. The van der Waals surface area contributed by atoms with Crippen molar-refractivity contribution in [3.63, 3.8) is 0 Å². The fraction of sp³-hybridized carbons (Fsp3) is 0.583. The molecule has 1 aromatic rings. The van der Waals surface area contributed by atoms with Crippen molar-refractivity contribution >= 4 is 15.9 Å². The number of H-pyrrole nitrogens is 1. The van der Waals surface area contributed by atoms with Gasteiger partial charge in [-0.15, -0.1) is 0 Å². The molecule has 0 radical (unpaired) electrons. The number of carbonyl (C=O) groups is 1. The molecular weight excluding hydrogens is 266 g/mol. The second kappa shape index (κ2) is 5.75. The van der Waals surface area contributed by atoms with Gasteiger partial charge in [-0.3, -0.25) is 4.79 Å². The van der Waals surface area contributed by atoms with Crippen molar-refractivity contribution in [2.45, 2.75) is 37.8 Å². The maximum absolute atomic E-state index is 11.8. The summed E-state index contributed by atoms with van der Waals surface area (Å²) in [5.74, 6) is -0.0826. The van der Waals surface area contributed by atoms with E-state index in [-0.39, 0.29) is 18.0 Å². The topological polar surface area (TPSA) is 91.1 Å². The maximum Gasteiger partial charge on any atom is 0.253 e. The molecule has 0 saturated heterocycles. The van der Waals surface area contributed by atoms with E-state index >= 15 is 0 Å². The average molecular weight is 285 g/mol. The molecule has 2 rings (SSSR count). The lowest BCUT2D eigenvalue weighted by atomic mass is 9.91. The predicted molar refractivity (Wildman–Crippen MR) is 72.3 cm³/mol. The first-order valence-corrected chi connectivity index (χ1v) is 8.24. The first-order valence-electron chi connectivity index (χ1n) is 6.35. The standard InChI is InChI=1S/C12H19N3O3S/c1-19(17,18)15-11-4-2-10(3-5-11)14-12(16)9-6-7-13-8-9/h6-8,10-11,13,15H,2-5H2,1H3,(H,14,16). The van der Waals surface area contributed by atoms with Crippen LogP contribution in [0.3, 0.4) is 0 Å². The number of hydrogen-bond acceptors (Lipinski definition) is 3. The van der Waals surface area contributed by atoms with Crippen molar-refractivity contribution in [2.24, 2.45) is 0 Å². The van der Waals surface area contributed by atoms with Gasteiger partial charge >= 0.3 is 0 Å². The number of aromatic nitrogens is 1. The normalized spacial score (nSPS) is 24.1. The van der Waals surface area contributed by atoms with E-state index in [0.717, 1.165) is 25.7 Å². The summed E-state index contributed by atoms with van der Waals surface area (Å²) in [6, 6.07) is 1.85. The molecule has 0 aromatic carbocycles. The molecule has 0 aliphatic heterocycles. The second-order valence-corrected chi connectivity index (χ2v) is 6.79. The molecule has 0 bridgehead atoms. The highest BCUT2D eigenvalue weighted by atomic mass is 32.2. The second-order valence-electron chi connectivity index (χ2n) is 5.01. The minimum atomic E-state index is -3.14. The lowest BCUT2D eigenvalue weighted by Crippen LogP contribution is -2.43. The predicted octanol–water partition coefficient (Wildman–Crippen LogP) is 0.605. The van der Waals surface area contributed by atoms with Gasteiger partial charge in [-0.25, -0.2) is 13.1 Å². The minimum absolute atomic E-state index is 0.00425. The molecular formula is C12H19N3O3S. The van der Waals surface area contributed by atoms with Crippen LogP contribution in [0.1, 0.15) is 36.0 Å². The molecule has 3 N–H and O–H groups in total. The molecule has 1 fully saturated rings. The van der Waals surface area contributed by atoms with Gasteiger partial charge in [-0.05, 0) is 31.7 Å². The summed E-state index contributed by atoms with van der Waals surface area (Å²) in [5.41, 5.74) is 0.622. The van der Waals surface area contributed by atoms with Crippen LogP contribution in [0.5, 0.6) is 0 Å². The Labute approximate surface area is 113 Å². The molecule has 19 heavy (non-hydrogen) atoms. The van der Waals surface area contributed by atoms with Crippen molar-refractivity contribution < 1.29 is 13.2 Å². The summed E-state index contributed by atoms with van der Waals surface area (Å²) in [7, 11) is -3.14. The van der Waals surface area contributed by atoms with Crippen LogP contribution < -0.4 is 10.0 Å². The molecule has 1 aromatic heterocycles. The van der Waals surface area contributed by atoms with E-state index in [2.05, 4.69) is 15.0 Å². The van der Waals surface area contributed by atoms with Crippen LogP contribution in [0, 0.1) is 0 Å². The average Bonchev–Trinajstić information content (AvgIpc) is 2.83. The summed E-state index contributed by atoms with van der Waals surface area (Å²) in [6.45, 7) is 0. The SMILES string of the molecule is CS(=O)(=O)NC1CCC(NC(=O)c2cc[nH]c2)CC1. The Kier molecular flexibility index (Phi) is 4.26. The number of rotatable bonds is 4. The number of sulfonamides is 1. The van der Waals surface area contributed by atoms with Crippen molar-refractivity contribution in [3.8, 4) is 0 Å². The number of aromatic amines is 1. The van der Waals surface area contributed by atoms with E-state index in [1.54, 1.807) is 18.5 Å². The fourth-order valence-corrected chi connectivity index (χ4v) is 3.23. The third-order valence-corrected chi connectivity index (χ3v) is 4.06. The number of hydrogen-bond donors (Lipinski definition) is 3. The molecule has 0 unspecified atom stereocenters. The highest BCUT2D eigenvalue weighted by Crippen LogP contribution is 2.19. The summed E-state index contributed by atoms with van der Waals surface area (Å²) >= 11 is 0. The van der Waals surface area contributed by atoms with Crippen LogP contribution in [0.25, 0.3) is 0 Å². The Morgan fingerprint density at radius 3 is 2.42 bits per heavy atom. The van der Waals surface area contributed by atoms with Gasteiger partial charge in [0.2, 0.25) is 10.0 Å². The maximum atomic E-state index is 11.8. The number of carbonyl (C=O) groups excluding carboxylic acids is 1. The van der Waals surface area contributed by atoms with Crippen LogP contribution in [0.2, 0.25) is 0 Å². The molecule has 1 amide bonds. The lowest BCUT2D eigenvalue weighted by molar-refractivity contribution is 0.0925. The van der Waals surface area contributed by atoms with Crippen molar-refractivity contribution in [1.29, 1.82) is 0 Å². The van der Waals surface area contributed by atoms with Crippen LogP contribution in [0.15, 0.2) is 18.5 Å². The van der Waals surface area contributed by atoms with Gasteiger partial charge in [0, 0.05) is 24.5 Å². The van der Waals surface area contributed by atoms with Crippen LogP contribution in [-0.2, 0) is 10.0 Å². The summed E-state index contributed by atoms with van der Waals surface area (Å²) in [4.78, 5) is 14.7. The van der Waals surface area contributed by atoms with Gasteiger partial charge in [0.15, 0.2) is 0 Å². The van der Waals surface area contributed by atoms with Crippen LogP contribution >= 0.6 is 0 Å². The van der Waals surface area contributed by atoms with Crippen molar-refractivity contribution in [3.05, 3.63) is 24.0 Å². The van der Waals surface area contributed by atoms with Gasteiger partial charge in [0.05, 0.1) is 11.8 Å². The first-order chi connectivity index (χ1) is 8.94. The van der Waals surface area contributed by atoms with E-state index in [4.69, 9.17) is 0 Å². The molecule has 6 nitrogen and oxygen atoms in total. The molecule has 1 heterocycles. The first kappa shape index (κ1) is 14.1. The highest BCUT2D eigenvalue weighted by Gasteiger charge is 2.24. The van der Waals surface area contributed by atoms with Gasteiger partial charge in [-0.2, -0.15) is 0 Å². The monoisotopic (exact) mass is 285 g/mol. The van der Waals surface area contributed by atoms with E-state index in [1.807, 2.05) is 0 Å². The highest BCUT2D eigenvalue weighted by molar-refractivity contribution is 7.88. The Morgan fingerprint density at radius 2 is 1.89 bits per heavy atom. The third kappa shape index (κ3) is 4.36. The zero-order chi connectivity index (χ0) is 13.9. The smallest absolute Gasteiger partial charge is 0.253 e. The summed E-state index contributed by atoms with van der Waals surface area (Å²) < 4.78 is 24.9. The molecule has 1 aliphatic rings. The number of nitrogens with one attached hydrogen (secondary N) is 3. The van der Waals surface area contributed by atoms with Gasteiger partial charge in [-0.1, -0.05) is 0 Å². The number of amides is 1. The third-order valence-electron chi connectivity index (χ3n) is 3.30. The Morgan fingerprint density at radius 1 is 1.26 bits per heavy atom. The zero-order valence-electron chi connectivity index (χ0n) is 10.8. The molecule has 0 atom stereocenters. The van der Waals surface area contributed by atoms with E-state index in [1.165, 1.54) is 6.26 Å². The van der Waals surface area contributed by atoms with Crippen molar-refractivity contribution in [1.82, 2.24) is 15.0 Å². The Bertz CT molecular complexity index is 516. The Hall–Kier alpha value is -1.34. The molecule has 7 heteroatoms. The van der Waals surface area contributed by atoms with Gasteiger partial charge in [0.1, 0.15) is 0 Å².